The summed E-state index contributed by atoms with van der Waals surface area (Å²) in [6, 6.07) is 1.50. The average Bonchev–Trinajstić information content (AvgIpc) is 3.19. The van der Waals surface area contributed by atoms with Gasteiger partial charge in [-0.05, 0) is 55.1 Å². The van der Waals surface area contributed by atoms with Gasteiger partial charge in [-0.2, -0.15) is 31.4 Å². The number of nitrogens with one attached hydrogen (secondary N) is 1. The molecular formula is C17H15F6N3S. The van der Waals surface area contributed by atoms with Crippen molar-refractivity contribution < 1.29 is 26.3 Å². The molecule has 0 bridgehead atoms. The molecule has 2 aliphatic rings. The Hall–Kier alpha value is -1.84. The second-order valence-electron chi connectivity index (χ2n) is 7.12. The highest BCUT2D eigenvalue weighted by molar-refractivity contribution is 7.71. The number of halogens is 6. The number of hydrogen-bond donors (Lipinski definition) is 1. The van der Waals surface area contributed by atoms with E-state index in [0.29, 0.717) is 29.8 Å². The first-order valence-corrected chi connectivity index (χ1v) is 8.95. The van der Waals surface area contributed by atoms with Crippen LogP contribution in [0.5, 0.6) is 0 Å². The van der Waals surface area contributed by atoms with E-state index in [1.807, 2.05) is 0 Å². The van der Waals surface area contributed by atoms with Gasteiger partial charge in [-0.1, -0.05) is 12.8 Å². The van der Waals surface area contributed by atoms with Crippen LogP contribution in [-0.4, -0.2) is 14.8 Å². The van der Waals surface area contributed by atoms with Crippen LogP contribution in [0.3, 0.4) is 0 Å². The molecule has 2 unspecified atom stereocenters. The Morgan fingerprint density at radius 1 is 0.926 bits per heavy atom. The molecule has 2 fully saturated rings. The van der Waals surface area contributed by atoms with Gasteiger partial charge in [0, 0.05) is 5.92 Å². The second kappa shape index (κ2) is 6.08. The van der Waals surface area contributed by atoms with Crippen molar-refractivity contribution in [1.82, 2.24) is 14.8 Å². The molecule has 0 saturated heterocycles. The minimum absolute atomic E-state index is 0.0129. The van der Waals surface area contributed by atoms with Gasteiger partial charge in [0.15, 0.2) is 4.77 Å². The van der Waals surface area contributed by atoms with E-state index in [2.05, 4.69) is 10.2 Å². The predicted molar refractivity (Wildman–Crippen MR) is 86.9 cm³/mol. The number of fused-ring (bicyclic) bond motifs is 1. The SMILES string of the molecule is FC(F)(F)c1cc(-n2c(C3C4CCCCC43)n[nH]c2=S)cc(C(F)(F)F)c1. The lowest BCUT2D eigenvalue weighted by atomic mass is 10.0. The fourth-order valence-corrected chi connectivity index (χ4v) is 4.47. The summed E-state index contributed by atoms with van der Waals surface area (Å²) in [5, 5.41) is 6.68. The molecule has 0 radical (unpaired) electrons. The van der Waals surface area contributed by atoms with Crippen molar-refractivity contribution in [3.05, 3.63) is 39.9 Å². The molecule has 2 saturated carbocycles. The summed E-state index contributed by atoms with van der Waals surface area (Å²) in [6.07, 6.45) is -5.68. The monoisotopic (exact) mass is 407 g/mol. The summed E-state index contributed by atoms with van der Waals surface area (Å²) in [5.74, 6) is 1.18. The fraction of sp³-hybridized carbons (Fsp3) is 0.529. The molecule has 3 nitrogen and oxygen atoms in total. The van der Waals surface area contributed by atoms with Gasteiger partial charge in [0.2, 0.25) is 0 Å². The second-order valence-corrected chi connectivity index (χ2v) is 7.51. The molecular weight excluding hydrogens is 392 g/mol. The minimum atomic E-state index is -4.91. The van der Waals surface area contributed by atoms with E-state index in [0.717, 1.165) is 25.7 Å². The molecule has 0 spiro atoms. The van der Waals surface area contributed by atoms with E-state index < -0.39 is 23.5 Å². The number of alkyl halides is 6. The molecule has 146 valence electrons. The molecule has 2 aliphatic carbocycles. The van der Waals surface area contributed by atoms with Crippen molar-refractivity contribution in [2.24, 2.45) is 11.8 Å². The number of aromatic nitrogens is 3. The van der Waals surface area contributed by atoms with Gasteiger partial charge in [-0.15, -0.1) is 0 Å². The Labute approximate surface area is 155 Å². The van der Waals surface area contributed by atoms with E-state index in [-0.39, 0.29) is 22.4 Å². The third-order valence-electron chi connectivity index (χ3n) is 5.48. The highest BCUT2D eigenvalue weighted by atomic mass is 32.1. The molecule has 10 heteroatoms. The quantitative estimate of drug-likeness (QED) is 0.499. The van der Waals surface area contributed by atoms with Gasteiger partial charge in [0.05, 0.1) is 16.8 Å². The zero-order chi connectivity index (χ0) is 19.6. The van der Waals surface area contributed by atoms with Crippen LogP contribution in [0.25, 0.3) is 5.69 Å². The molecule has 2 aromatic rings. The van der Waals surface area contributed by atoms with E-state index in [1.165, 1.54) is 4.57 Å². The maximum Gasteiger partial charge on any atom is 0.416 e. The van der Waals surface area contributed by atoms with Crippen LogP contribution in [0, 0.1) is 16.6 Å². The van der Waals surface area contributed by atoms with Crippen molar-refractivity contribution in [2.75, 3.05) is 0 Å². The summed E-state index contributed by atoms with van der Waals surface area (Å²) in [6.45, 7) is 0. The van der Waals surface area contributed by atoms with Crippen molar-refractivity contribution in [1.29, 1.82) is 0 Å². The molecule has 1 N–H and O–H groups in total. The molecule has 27 heavy (non-hydrogen) atoms. The van der Waals surface area contributed by atoms with E-state index in [1.54, 1.807) is 0 Å². The summed E-state index contributed by atoms with van der Waals surface area (Å²) >= 11 is 5.12. The molecule has 1 heterocycles. The first-order valence-electron chi connectivity index (χ1n) is 8.54. The van der Waals surface area contributed by atoms with Crippen molar-refractivity contribution in [3.63, 3.8) is 0 Å². The number of nitrogens with zero attached hydrogens (tertiary/aromatic N) is 2. The molecule has 4 rings (SSSR count). The molecule has 1 aromatic carbocycles. The number of rotatable bonds is 2. The fourth-order valence-electron chi connectivity index (χ4n) is 4.23. The zero-order valence-electron chi connectivity index (χ0n) is 13.9. The van der Waals surface area contributed by atoms with Crippen LogP contribution in [0.4, 0.5) is 26.3 Å². The Balaban J connectivity index is 1.85. The van der Waals surface area contributed by atoms with Crippen LogP contribution in [0.1, 0.15) is 48.6 Å². The van der Waals surface area contributed by atoms with Gasteiger partial charge in [-0.3, -0.25) is 9.67 Å². The number of aromatic amines is 1. The lowest BCUT2D eigenvalue weighted by Gasteiger charge is -2.15. The highest BCUT2D eigenvalue weighted by Crippen LogP contribution is 2.61. The van der Waals surface area contributed by atoms with Crippen molar-refractivity contribution in [3.8, 4) is 5.69 Å². The molecule has 0 amide bonds. The molecule has 0 aliphatic heterocycles. The Kier molecular flexibility index (Phi) is 4.17. The Morgan fingerprint density at radius 3 is 1.93 bits per heavy atom. The van der Waals surface area contributed by atoms with Crippen LogP contribution in [0.15, 0.2) is 18.2 Å². The minimum Gasteiger partial charge on any atom is -0.272 e. The zero-order valence-corrected chi connectivity index (χ0v) is 14.7. The predicted octanol–water partition coefficient (Wildman–Crippen LogP) is 5.87. The Morgan fingerprint density at radius 2 is 1.44 bits per heavy atom. The maximum absolute atomic E-state index is 13.2. The smallest absolute Gasteiger partial charge is 0.272 e. The summed E-state index contributed by atoms with van der Waals surface area (Å²) in [4.78, 5) is 0. The van der Waals surface area contributed by atoms with Gasteiger partial charge >= 0.3 is 12.4 Å². The van der Waals surface area contributed by atoms with E-state index >= 15 is 0 Å². The largest absolute Gasteiger partial charge is 0.416 e. The van der Waals surface area contributed by atoms with E-state index in [4.69, 9.17) is 12.2 Å². The van der Waals surface area contributed by atoms with Crippen molar-refractivity contribution in [2.45, 2.75) is 44.0 Å². The van der Waals surface area contributed by atoms with Gasteiger partial charge in [0.1, 0.15) is 5.82 Å². The summed E-state index contributed by atoms with van der Waals surface area (Å²) < 4.78 is 80.2. The topological polar surface area (TPSA) is 33.6 Å². The lowest BCUT2D eigenvalue weighted by molar-refractivity contribution is -0.143. The summed E-state index contributed by atoms with van der Waals surface area (Å²) in [7, 11) is 0. The number of benzene rings is 1. The number of H-pyrrole nitrogens is 1. The van der Waals surface area contributed by atoms with Crippen LogP contribution in [-0.2, 0) is 12.4 Å². The van der Waals surface area contributed by atoms with Gasteiger partial charge < -0.3 is 0 Å². The maximum atomic E-state index is 13.2. The standard InChI is InChI=1S/C17H15F6N3S/c18-16(19,20)8-5-9(17(21,22)23)7-10(6-8)26-14(24-25-15(26)27)13-11-3-1-2-4-12(11)13/h5-7,11-13H,1-4H2,(H,25,27). The average molecular weight is 407 g/mol. The van der Waals surface area contributed by atoms with Crippen LogP contribution < -0.4 is 0 Å². The van der Waals surface area contributed by atoms with Crippen molar-refractivity contribution >= 4 is 12.2 Å². The third-order valence-corrected chi connectivity index (χ3v) is 5.76. The molecule has 2 atom stereocenters. The first kappa shape index (κ1) is 18.5. The van der Waals surface area contributed by atoms with Gasteiger partial charge in [0.25, 0.3) is 0 Å². The Bertz CT molecular complexity index is 882. The van der Waals surface area contributed by atoms with Gasteiger partial charge in [-0.25, -0.2) is 0 Å². The lowest BCUT2D eigenvalue weighted by Crippen LogP contribution is -2.13. The third kappa shape index (κ3) is 3.28. The molecule has 1 aromatic heterocycles. The first-order chi connectivity index (χ1) is 12.6. The van der Waals surface area contributed by atoms with Crippen LogP contribution in [0.2, 0.25) is 0 Å². The normalized spacial score (nSPS) is 25.3. The van der Waals surface area contributed by atoms with E-state index in [9.17, 15) is 26.3 Å². The highest BCUT2D eigenvalue weighted by Gasteiger charge is 2.54. The summed E-state index contributed by atoms with van der Waals surface area (Å²) in [5.41, 5.74) is -3.00. The van der Waals surface area contributed by atoms with Crippen LogP contribution >= 0.6 is 12.2 Å². The number of hydrogen-bond acceptors (Lipinski definition) is 2.